The van der Waals surface area contributed by atoms with Crippen molar-refractivity contribution >= 4 is 21.8 Å². The third-order valence-electron chi connectivity index (χ3n) is 4.17. The van der Waals surface area contributed by atoms with Crippen LogP contribution in [0.15, 0.2) is 0 Å². The van der Waals surface area contributed by atoms with Gasteiger partial charge in [-0.25, -0.2) is 0 Å². The highest BCUT2D eigenvalue weighted by atomic mass is 35.5. The number of ether oxygens (including phenoxy) is 1. The quantitative estimate of drug-likeness (QED) is 0.708. The first-order valence-electron chi connectivity index (χ1n) is 6.59. The molecule has 0 aromatic rings. The molecule has 0 spiro atoms. The molecular weight excluding hydrogens is 276 g/mol. The van der Waals surface area contributed by atoms with Gasteiger partial charge in [-0.1, -0.05) is 0 Å². The smallest absolute Gasteiger partial charge is 0.282 e. The molecule has 5 nitrogen and oxygen atoms in total. The molecule has 0 radical (unpaired) electrons. The van der Waals surface area contributed by atoms with Crippen LogP contribution in [0.1, 0.15) is 25.7 Å². The number of piperidine rings is 1. The van der Waals surface area contributed by atoms with E-state index in [1.54, 1.807) is 8.61 Å². The molecule has 0 amide bonds. The Kier molecular flexibility index (Phi) is 3.57. The van der Waals surface area contributed by atoms with Crippen molar-refractivity contribution in [3.05, 3.63) is 0 Å². The molecule has 3 aliphatic heterocycles. The minimum absolute atomic E-state index is 0.110. The first-order valence-corrected chi connectivity index (χ1v) is 8.43. The second-order valence-electron chi connectivity index (χ2n) is 5.30. The van der Waals surface area contributed by atoms with Crippen molar-refractivity contribution in [2.24, 2.45) is 0 Å². The van der Waals surface area contributed by atoms with Crippen molar-refractivity contribution in [2.45, 2.75) is 43.1 Å². The van der Waals surface area contributed by atoms with E-state index in [2.05, 4.69) is 0 Å². The van der Waals surface area contributed by atoms with Gasteiger partial charge < -0.3 is 4.74 Å². The Morgan fingerprint density at radius 3 is 2.17 bits per heavy atom. The number of hydrogen-bond donors (Lipinski definition) is 0. The van der Waals surface area contributed by atoms with Crippen LogP contribution in [0.5, 0.6) is 0 Å². The van der Waals surface area contributed by atoms with Crippen LogP contribution in [0.3, 0.4) is 0 Å². The second-order valence-corrected chi connectivity index (χ2v) is 7.75. The van der Waals surface area contributed by atoms with Crippen molar-refractivity contribution in [1.82, 2.24) is 8.61 Å². The molecule has 7 heteroatoms. The average Bonchev–Trinajstić information content (AvgIpc) is 2.64. The van der Waals surface area contributed by atoms with Gasteiger partial charge in [0, 0.05) is 30.6 Å². The molecule has 0 aliphatic carbocycles. The summed E-state index contributed by atoms with van der Waals surface area (Å²) in [5.41, 5.74) is 0. The summed E-state index contributed by atoms with van der Waals surface area (Å²) in [6.45, 7) is 1.95. The zero-order chi connectivity index (χ0) is 12.8. The summed E-state index contributed by atoms with van der Waals surface area (Å²) >= 11 is 6.19. The molecule has 0 saturated carbocycles. The van der Waals surface area contributed by atoms with Gasteiger partial charge in [-0.3, -0.25) is 0 Å². The summed E-state index contributed by atoms with van der Waals surface area (Å²) in [5.74, 6) is 0. The van der Waals surface area contributed by atoms with Crippen LogP contribution < -0.4 is 0 Å². The normalized spacial score (nSPS) is 39.1. The molecule has 2 atom stereocenters. The van der Waals surface area contributed by atoms with Gasteiger partial charge in [0.2, 0.25) is 0 Å². The van der Waals surface area contributed by atoms with Crippen LogP contribution in [0.25, 0.3) is 0 Å². The summed E-state index contributed by atoms with van der Waals surface area (Å²) in [7, 11) is -3.32. The van der Waals surface area contributed by atoms with Crippen molar-refractivity contribution in [2.75, 3.05) is 26.3 Å². The van der Waals surface area contributed by atoms with Gasteiger partial charge >= 0.3 is 0 Å². The zero-order valence-corrected chi connectivity index (χ0v) is 11.9. The molecule has 3 heterocycles. The van der Waals surface area contributed by atoms with Crippen LogP contribution in [0.4, 0.5) is 0 Å². The van der Waals surface area contributed by atoms with E-state index in [1.807, 2.05) is 0 Å². The average molecular weight is 295 g/mol. The Balaban J connectivity index is 1.81. The highest BCUT2D eigenvalue weighted by molar-refractivity contribution is 7.86. The predicted octanol–water partition coefficient (Wildman–Crippen LogP) is 0.798. The Bertz CT molecular complexity index is 397. The molecule has 3 fully saturated rings. The number of alkyl halides is 1. The van der Waals surface area contributed by atoms with E-state index in [0.717, 1.165) is 25.7 Å². The van der Waals surface area contributed by atoms with Crippen LogP contribution >= 0.6 is 11.6 Å². The van der Waals surface area contributed by atoms with Crippen molar-refractivity contribution in [3.8, 4) is 0 Å². The van der Waals surface area contributed by atoms with Gasteiger partial charge in [0.25, 0.3) is 10.2 Å². The fourth-order valence-electron chi connectivity index (χ4n) is 3.35. The topological polar surface area (TPSA) is 49.9 Å². The highest BCUT2D eigenvalue weighted by Crippen LogP contribution is 2.40. The summed E-state index contributed by atoms with van der Waals surface area (Å²) in [6.07, 6.45) is 3.50. The molecule has 2 unspecified atom stereocenters. The third kappa shape index (κ3) is 2.18. The molecular formula is C11H19ClN2O3S. The molecule has 104 valence electrons. The van der Waals surface area contributed by atoms with Crippen molar-refractivity contribution in [1.29, 1.82) is 0 Å². The molecule has 2 bridgehead atoms. The lowest BCUT2D eigenvalue weighted by Gasteiger charge is -2.39. The molecule has 0 N–H and O–H groups in total. The predicted molar refractivity (Wildman–Crippen MR) is 68.8 cm³/mol. The SMILES string of the molecule is O=S(=O)(N1CCOCC1)N1C2CCC1CC(Cl)C2. The fraction of sp³-hybridized carbons (Fsp3) is 1.00. The Labute approximate surface area is 113 Å². The van der Waals surface area contributed by atoms with E-state index in [0.29, 0.717) is 26.3 Å². The number of fused-ring (bicyclic) bond motifs is 2. The van der Waals surface area contributed by atoms with Gasteiger partial charge in [-0.15, -0.1) is 11.6 Å². The second kappa shape index (κ2) is 4.90. The summed E-state index contributed by atoms with van der Waals surface area (Å²) < 4.78 is 33.8. The lowest BCUT2D eigenvalue weighted by Crippen LogP contribution is -2.55. The van der Waals surface area contributed by atoms with E-state index >= 15 is 0 Å². The van der Waals surface area contributed by atoms with Gasteiger partial charge in [0.05, 0.1) is 13.2 Å². The van der Waals surface area contributed by atoms with E-state index in [1.165, 1.54) is 0 Å². The van der Waals surface area contributed by atoms with E-state index < -0.39 is 10.2 Å². The minimum Gasteiger partial charge on any atom is -0.379 e. The summed E-state index contributed by atoms with van der Waals surface area (Å²) in [5, 5.41) is 0.138. The Morgan fingerprint density at radius 1 is 1.06 bits per heavy atom. The van der Waals surface area contributed by atoms with Crippen LogP contribution in [-0.2, 0) is 14.9 Å². The van der Waals surface area contributed by atoms with Crippen LogP contribution in [0, 0.1) is 0 Å². The standard InChI is InChI=1S/C11H19ClN2O3S/c12-9-7-10-1-2-11(8-9)14(10)18(15,16)13-3-5-17-6-4-13/h9-11H,1-8H2. The maximum absolute atomic E-state index is 12.7. The van der Waals surface area contributed by atoms with E-state index in [9.17, 15) is 8.42 Å². The Hall–Kier alpha value is 0.120. The lowest BCUT2D eigenvalue weighted by atomic mass is 10.1. The molecule has 3 saturated heterocycles. The maximum atomic E-state index is 12.7. The molecule has 3 rings (SSSR count). The minimum atomic E-state index is -3.32. The lowest BCUT2D eigenvalue weighted by molar-refractivity contribution is 0.0680. The monoisotopic (exact) mass is 294 g/mol. The van der Waals surface area contributed by atoms with Gasteiger partial charge in [-0.05, 0) is 25.7 Å². The third-order valence-corrected chi connectivity index (χ3v) is 6.67. The van der Waals surface area contributed by atoms with Gasteiger partial charge in [0.1, 0.15) is 0 Å². The fourth-order valence-corrected chi connectivity index (χ4v) is 5.78. The Morgan fingerprint density at radius 2 is 1.61 bits per heavy atom. The number of rotatable bonds is 2. The molecule has 0 aromatic carbocycles. The first kappa shape index (κ1) is 13.1. The van der Waals surface area contributed by atoms with E-state index in [4.69, 9.17) is 16.3 Å². The molecule has 18 heavy (non-hydrogen) atoms. The number of halogens is 1. The largest absolute Gasteiger partial charge is 0.379 e. The van der Waals surface area contributed by atoms with Crippen molar-refractivity contribution in [3.63, 3.8) is 0 Å². The first-order chi connectivity index (χ1) is 8.59. The number of hydrogen-bond acceptors (Lipinski definition) is 3. The summed E-state index contributed by atoms with van der Waals surface area (Å²) in [6, 6.07) is 0.221. The molecule has 3 aliphatic rings. The van der Waals surface area contributed by atoms with E-state index in [-0.39, 0.29) is 17.5 Å². The van der Waals surface area contributed by atoms with Gasteiger partial charge in [0.15, 0.2) is 0 Å². The van der Waals surface area contributed by atoms with Crippen LogP contribution in [-0.4, -0.2) is 60.8 Å². The number of nitrogens with zero attached hydrogens (tertiary/aromatic N) is 2. The summed E-state index contributed by atoms with van der Waals surface area (Å²) in [4.78, 5) is 0. The number of morpholine rings is 1. The zero-order valence-electron chi connectivity index (χ0n) is 10.3. The van der Waals surface area contributed by atoms with Crippen molar-refractivity contribution < 1.29 is 13.2 Å². The maximum Gasteiger partial charge on any atom is 0.282 e. The highest BCUT2D eigenvalue weighted by Gasteiger charge is 2.48. The van der Waals surface area contributed by atoms with Gasteiger partial charge in [-0.2, -0.15) is 17.0 Å². The molecule has 0 aromatic heterocycles. The van der Waals surface area contributed by atoms with Crippen LogP contribution in [0.2, 0.25) is 0 Å².